The van der Waals surface area contributed by atoms with Gasteiger partial charge in [0.05, 0.1) is 12.5 Å². The third-order valence-corrected chi connectivity index (χ3v) is 4.53. The van der Waals surface area contributed by atoms with Gasteiger partial charge < -0.3 is 10.4 Å². The number of aliphatic hydroxyl groups excluding tert-OH is 1. The van der Waals surface area contributed by atoms with Gasteiger partial charge >= 0.3 is 0 Å². The third kappa shape index (κ3) is 4.37. The van der Waals surface area contributed by atoms with E-state index in [1.807, 2.05) is 48.0 Å². The number of rotatable bonds is 6. The highest BCUT2D eigenvalue weighted by atomic mass is 32.2. The van der Waals surface area contributed by atoms with Gasteiger partial charge in [-0.1, -0.05) is 18.2 Å². The van der Waals surface area contributed by atoms with Crippen LogP contribution >= 0.6 is 23.1 Å². The predicted octanol–water partition coefficient (Wildman–Crippen LogP) is 2.86. The number of thioether (sulfide) groups is 1. The second-order valence-corrected chi connectivity index (χ2v) is 6.26. The Kier molecular flexibility index (Phi) is 5.64. The van der Waals surface area contributed by atoms with Gasteiger partial charge in [-0.3, -0.25) is 4.79 Å². The van der Waals surface area contributed by atoms with Gasteiger partial charge in [0.25, 0.3) is 0 Å². The van der Waals surface area contributed by atoms with Crippen LogP contribution in [0, 0.1) is 0 Å². The van der Waals surface area contributed by atoms with Crippen LogP contribution in [0.1, 0.15) is 16.5 Å². The molecule has 3 nitrogen and oxygen atoms in total. The molecule has 0 bridgehead atoms. The van der Waals surface area contributed by atoms with Crippen LogP contribution in [0.4, 0.5) is 0 Å². The summed E-state index contributed by atoms with van der Waals surface area (Å²) in [6.45, 7) is 0.239. The summed E-state index contributed by atoms with van der Waals surface area (Å²) in [4.78, 5) is 13.9. The lowest BCUT2D eigenvalue weighted by molar-refractivity contribution is -0.120. The Morgan fingerprint density at radius 2 is 2.10 bits per heavy atom. The van der Waals surface area contributed by atoms with Crippen molar-refractivity contribution in [3.05, 3.63) is 52.2 Å². The van der Waals surface area contributed by atoms with Crippen molar-refractivity contribution in [1.29, 1.82) is 0 Å². The summed E-state index contributed by atoms with van der Waals surface area (Å²) in [7, 11) is 0. The lowest BCUT2D eigenvalue weighted by Crippen LogP contribution is -2.29. The Bertz CT molecular complexity index is 538. The summed E-state index contributed by atoms with van der Waals surface area (Å²) in [5, 5.41) is 14.7. The van der Waals surface area contributed by atoms with Gasteiger partial charge in [0.2, 0.25) is 5.91 Å². The number of benzene rings is 1. The molecule has 1 amide bonds. The molecule has 5 heteroatoms. The minimum atomic E-state index is -0.668. The molecule has 0 fully saturated rings. The molecule has 106 valence electrons. The fourth-order valence-electron chi connectivity index (χ4n) is 1.79. The number of amides is 1. The van der Waals surface area contributed by atoms with E-state index >= 15 is 0 Å². The number of aliphatic hydroxyl groups is 1. The van der Waals surface area contributed by atoms with Crippen molar-refractivity contribution in [3.63, 3.8) is 0 Å². The molecule has 1 atom stereocenters. The van der Waals surface area contributed by atoms with Crippen molar-refractivity contribution >= 4 is 29.0 Å². The van der Waals surface area contributed by atoms with Gasteiger partial charge in [0, 0.05) is 16.3 Å². The predicted molar refractivity (Wildman–Crippen MR) is 84.2 cm³/mol. The molecule has 0 saturated heterocycles. The number of thiophene rings is 1. The molecule has 2 aromatic rings. The van der Waals surface area contributed by atoms with Crippen molar-refractivity contribution < 1.29 is 9.90 Å². The maximum atomic E-state index is 11.7. The Hall–Kier alpha value is -1.30. The molecule has 20 heavy (non-hydrogen) atoms. The summed E-state index contributed by atoms with van der Waals surface area (Å²) in [5.41, 5.74) is 0.819. The van der Waals surface area contributed by atoms with E-state index in [9.17, 15) is 9.90 Å². The van der Waals surface area contributed by atoms with Crippen LogP contribution < -0.4 is 5.32 Å². The van der Waals surface area contributed by atoms with E-state index in [4.69, 9.17) is 0 Å². The zero-order valence-electron chi connectivity index (χ0n) is 11.2. The second-order valence-electron chi connectivity index (χ2n) is 4.35. The minimum Gasteiger partial charge on any atom is -0.387 e. The number of hydrogen-bond acceptors (Lipinski definition) is 4. The van der Waals surface area contributed by atoms with Crippen LogP contribution in [0.25, 0.3) is 0 Å². The monoisotopic (exact) mass is 307 g/mol. The minimum absolute atomic E-state index is 0.0627. The Morgan fingerprint density at radius 3 is 2.70 bits per heavy atom. The molecule has 0 aliphatic rings. The third-order valence-electron chi connectivity index (χ3n) is 2.91. The first kappa shape index (κ1) is 15.1. The Labute approximate surface area is 127 Å². The van der Waals surface area contributed by atoms with E-state index in [1.165, 1.54) is 0 Å². The molecular weight excluding hydrogens is 290 g/mol. The topological polar surface area (TPSA) is 49.3 Å². The van der Waals surface area contributed by atoms with E-state index < -0.39 is 6.10 Å². The maximum Gasteiger partial charge on any atom is 0.225 e. The van der Waals surface area contributed by atoms with E-state index in [0.717, 1.165) is 15.3 Å². The zero-order valence-corrected chi connectivity index (χ0v) is 12.8. The first-order chi connectivity index (χ1) is 9.69. The van der Waals surface area contributed by atoms with Gasteiger partial charge in [-0.2, -0.15) is 0 Å². The molecule has 1 aromatic carbocycles. The summed E-state index contributed by atoms with van der Waals surface area (Å²) in [5.74, 6) is -0.0627. The van der Waals surface area contributed by atoms with Gasteiger partial charge in [0.1, 0.15) is 0 Å². The van der Waals surface area contributed by atoms with Gasteiger partial charge in [-0.25, -0.2) is 0 Å². The first-order valence-corrected chi connectivity index (χ1v) is 8.40. The summed E-state index contributed by atoms with van der Waals surface area (Å²) < 4.78 is 0. The first-order valence-electron chi connectivity index (χ1n) is 6.30. The van der Waals surface area contributed by atoms with Crippen LogP contribution in [-0.4, -0.2) is 23.8 Å². The molecule has 2 rings (SSSR count). The van der Waals surface area contributed by atoms with Crippen molar-refractivity contribution in [2.75, 3.05) is 12.8 Å². The van der Waals surface area contributed by atoms with E-state index in [1.54, 1.807) is 23.1 Å². The molecule has 0 saturated carbocycles. The van der Waals surface area contributed by atoms with Crippen LogP contribution in [-0.2, 0) is 11.2 Å². The van der Waals surface area contributed by atoms with Crippen molar-refractivity contribution in [2.45, 2.75) is 17.4 Å². The molecule has 1 heterocycles. The summed E-state index contributed by atoms with van der Waals surface area (Å²) in [6, 6.07) is 11.6. The van der Waals surface area contributed by atoms with Crippen LogP contribution in [0.3, 0.4) is 0 Å². The highest BCUT2D eigenvalue weighted by Crippen LogP contribution is 2.18. The molecule has 2 N–H and O–H groups in total. The normalized spacial score (nSPS) is 12.1. The Balaban J connectivity index is 1.81. The van der Waals surface area contributed by atoms with Crippen molar-refractivity contribution in [2.24, 2.45) is 0 Å². The van der Waals surface area contributed by atoms with Gasteiger partial charge in [-0.15, -0.1) is 23.1 Å². The highest BCUT2D eigenvalue weighted by Gasteiger charge is 2.10. The number of hydrogen-bond donors (Lipinski definition) is 2. The quantitative estimate of drug-likeness (QED) is 0.807. The van der Waals surface area contributed by atoms with Gasteiger partial charge in [0.15, 0.2) is 0 Å². The maximum absolute atomic E-state index is 11.7. The van der Waals surface area contributed by atoms with Crippen LogP contribution in [0.15, 0.2) is 46.7 Å². The zero-order chi connectivity index (χ0) is 14.4. The molecule has 0 unspecified atom stereocenters. The molecule has 0 aliphatic heterocycles. The molecule has 1 aromatic heterocycles. The van der Waals surface area contributed by atoms with E-state index in [2.05, 4.69) is 5.32 Å². The van der Waals surface area contributed by atoms with Crippen LogP contribution in [0.2, 0.25) is 0 Å². The molecular formula is C15H17NO2S2. The van der Waals surface area contributed by atoms with E-state index in [-0.39, 0.29) is 12.5 Å². The number of carbonyl (C=O) groups is 1. The summed E-state index contributed by atoms with van der Waals surface area (Å²) in [6.07, 6.45) is 1.71. The van der Waals surface area contributed by atoms with E-state index in [0.29, 0.717) is 6.42 Å². The highest BCUT2D eigenvalue weighted by molar-refractivity contribution is 7.98. The molecule has 0 aliphatic carbocycles. The largest absolute Gasteiger partial charge is 0.387 e. The lowest BCUT2D eigenvalue weighted by atomic mass is 10.1. The second kappa shape index (κ2) is 7.47. The lowest BCUT2D eigenvalue weighted by Gasteiger charge is -2.12. The van der Waals surface area contributed by atoms with Crippen molar-refractivity contribution in [3.8, 4) is 0 Å². The van der Waals surface area contributed by atoms with Crippen molar-refractivity contribution in [1.82, 2.24) is 5.32 Å². The van der Waals surface area contributed by atoms with Gasteiger partial charge in [-0.05, 0) is 35.4 Å². The SMILES string of the molecule is CSc1ccc([C@H](O)CNC(=O)Cc2cccs2)cc1. The summed E-state index contributed by atoms with van der Waals surface area (Å²) >= 11 is 3.22. The average Bonchev–Trinajstić information content (AvgIpc) is 2.97. The smallest absolute Gasteiger partial charge is 0.225 e. The molecule has 0 radical (unpaired) electrons. The standard InChI is InChI=1S/C15H17NO2S2/c1-19-12-6-4-11(5-7-12)14(17)10-16-15(18)9-13-3-2-8-20-13/h2-8,14,17H,9-10H2,1H3,(H,16,18)/t14-/m1/s1. The Morgan fingerprint density at radius 1 is 1.35 bits per heavy atom. The fraction of sp³-hybridized carbons (Fsp3) is 0.267. The average molecular weight is 307 g/mol. The fourth-order valence-corrected chi connectivity index (χ4v) is 2.90. The number of carbonyl (C=O) groups excluding carboxylic acids is 1. The number of nitrogens with one attached hydrogen (secondary N) is 1. The van der Waals surface area contributed by atoms with Crippen LogP contribution in [0.5, 0.6) is 0 Å². The molecule has 0 spiro atoms.